The van der Waals surface area contributed by atoms with Crippen molar-refractivity contribution in [1.29, 1.82) is 0 Å². The van der Waals surface area contributed by atoms with E-state index in [9.17, 15) is 18.3 Å². The number of nitrogens with two attached hydrogens (primary N) is 1. The molecule has 0 bridgehead atoms. The van der Waals surface area contributed by atoms with Gasteiger partial charge in [-0.05, 0) is 12.0 Å². The van der Waals surface area contributed by atoms with Crippen LogP contribution in [0.15, 0.2) is 18.2 Å². The fourth-order valence-corrected chi connectivity index (χ4v) is 1.32. The fraction of sp³-hybridized carbons (Fsp3) is 0.400. The van der Waals surface area contributed by atoms with Crippen molar-refractivity contribution < 1.29 is 18.3 Å². The topological polar surface area (TPSA) is 46.2 Å². The van der Waals surface area contributed by atoms with Crippen LogP contribution in [0.4, 0.5) is 13.2 Å². The number of hydrogen-bond acceptors (Lipinski definition) is 2. The summed E-state index contributed by atoms with van der Waals surface area (Å²) in [4.78, 5) is 0. The fourth-order valence-electron chi connectivity index (χ4n) is 1.32. The third-order valence-electron chi connectivity index (χ3n) is 2.22. The summed E-state index contributed by atoms with van der Waals surface area (Å²) in [5, 5.41) is 9.54. The van der Waals surface area contributed by atoms with Gasteiger partial charge in [0.2, 0.25) is 0 Å². The minimum absolute atomic E-state index is 0.276. The van der Waals surface area contributed by atoms with E-state index in [1.54, 1.807) is 13.0 Å². The number of halogens is 3. The van der Waals surface area contributed by atoms with E-state index in [0.29, 0.717) is 12.0 Å². The molecule has 1 atom stereocenters. The highest BCUT2D eigenvalue weighted by molar-refractivity contribution is 5.42. The number of aromatic hydroxyl groups is 1. The quantitative estimate of drug-likeness (QED) is 0.802. The van der Waals surface area contributed by atoms with Crippen LogP contribution in [0.2, 0.25) is 0 Å². The molecule has 1 aromatic carbocycles. The maximum atomic E-state index is 12.3. The first-order valence-electron chi connectivity index (χ1n) is 4.51. The lowest BCUT2D eigenvalue weighted by atomic mass is 10.0. The molecule has 0 heterocycles. The molecule has 0 aromatic heterocycles. The number of rotatable bonds is 2. The zero-order valence-electron chi connectivity index (χ0n) is 8.17. The number of alkyl halides is 3. The molecule has 0 aliphatic carbocycles. The van der Waals surface area contributed by atoms with Gasteiger partial charge in [0.15, 0.2) is 0 Å². The molecule has 15 heavy (non-hydrogen) atoms. The van der Waals surface area contributed by atoms with Gasteiger partial charge in [-0.15, -0.1) is 0 Å². The Morgan fingerprint density at radius 1 is 1.40 bits per heavy atom. The molecule has 1 rings (SSSR count). The molecule has 0 amide bonds. The number of hydrogen-bond donors (Lipinski definition) is 2. The second-order valence-corrected chi connectivity index (χ2v) is 3.23. The molecule has 0 saturated carbocycles. The molecule has 1 aromatic rings. The van der Waals surface area contributed by atoms with Gasteiger partial charge in [-0.1, -0.05) is 25.1 Å². The summed E-state index contributed by atoms with van der Waals surface area (Å²) in [6.45, 7) is 1.75. The molecule has 0 unspecified atom stereocenters. The molecule has 0 aliphatic heterocycles. The van der Waals surface area contributed by atoms with Crippen molar-refractivity contribution in [2.75, 3.05) is 0 Å². The van der Waals surface area contributed by atoms with E-state index in [0.717, 1.165) is 0 Å². The number of phenols is 1. The van der Waals surface area contributed by atoms with Crippen LogP contribution < -0.4 is 5.73 Å². The molecule has 0 aliphatic rings. The predicted molar refractivity (Wildman–Crippen MR) is 50.5 cm³/mol. The zero-order valence-corrected chi connectivity index (χ0v) is 8.17. The molecular formula is C10H12F3NO. The average molecular weight is 219 g/mol. The summed E-state index contributed by atoms with van der Waals surface area (Å²) < 4.78 is 36.9. The lowest BCUT2D eigenvalue weighted by molar-refractivity contribution is -0.149. The lowest BCUT2D eigenvalue weighted by Crippen LogP contribution is -2.28. The third kappa shape index (κ3) is 2.41. The summed E-state index contributed by atoms with van der Waals surface area (Å²) in [6, 6.07) is 2.08. The van der Waals surface area contributed by atoms with Crippen molar-refractivity contribution in [2.24, 2.45) is 5.73 Å². The molecule has 0 fully saturated rings. The Balaban J connectivity index is 3.15. The number of phenolic OH excluding ortho intramolecular Hbond substituents is 1. The normalized spacial score (nSPS) is 13.9. The largest absolute Gasteiger partial charge is 0.507 e. The van der Waals surface area contributed by atoms with Crippen molar-refractivity contribution in [3.05, 3.63) is 29.3 Å². The Hall–Kier alpha value is -1.23. The minimum atomic E-state index is -4.54. The Bertz CT molecular complexity index is 349. The van der Waals surface area contributed by atoms with E-state index < -0.39 is 12.2 Å². The average Bonchev–Trinajstić information content (AvgIpc) is 2.16. The molecule has 0 spiro atoms. The summed E-state index contributed by atoms with van der Waals surface area (Å²) in [5.41, 5.74) is 5.20. The highest BCUT2D eigenvalue weighted by atomic mass is 19.4. The predicted octanol–water partition coefficient (Wildman–Crippen LogP) is 2.52. The van der Waals surface area contributed by atoms with Crippen molar-refractivity contribution >= 4 is 0 Å². The maximum absolute atomic E-state index is 12.3. The van der Waals surface area contributed by atoms with Crippen LogP contribution in [-0.2, 0) is 6.42 Å². The Labute approximate surface area is 85.5 Å². The molecule has 2 nitrogen and oxygen atoms in total. The highest BCUT2D eigenvalue weighted by Crippen LogP contribution is 2.36. The van der Waals surface area contributed by atoms with Gasteiger partial charge in [-0.2, -0.15) is 13.2 Å². The Kier molecular flexibility index (Phi) is 3.24. The number of para-hydroxylation sites is 1. The summed E-state index contributed by atoms with van der Waals surface area (Å²) in [7, 11) is 0. The second-order valence-electron chi connectivity index (χ2n) is 3.23. The highest BCUT2D eigenvalue weighted by Gasteiger charge is 2.39. The Morgan fingerprint density at radius 3 is 2.47 bits per heavy atom. The van der Waals surface area contributed by atoms with Crippen LogP contribution in [0.1, 0.15) is 24.1 Å². The van der Waals surface area contributed by atoms with Crippen molar-refractivity contribution in [1.82, 2.24) is 0 Å². The lowest BCUT2D eigenvalue weighted by Gasteiger charge is -2.18. The van der Waals surface area contributed by atoms with Crippen LogP contribution in [0.5, 0.6) is 5.75 Å². The number of benzene rings is 1. The van der Waals surface area contributed by atoms with E-state index in [4.69, 9.17) is 5.73 Å². The molecule has 3 N–H and O–H groups in total. The van der Waals surface area contributed by atoms with Crippen LogP contribution in [-0.4, -0.2) is 11.3 Å². The smallest absolute Gasteiger partial charge is 0.407 e. The standard InChI is InChI=1S/C10H12F3NO/c1-2-6-4-3-5-7(8(6)15)9(14)10(11,12)13/h3-5,9,15H,2,14H2,1H3/t9-/m1/s1. The first-order valence-corrected chi connectivity index (χ1v) is 4.51. The van der Waals surface area contributed by atoms with E-state index in [-0.39, 0.29) is 11.3 Å². The van der Waals surface area contributed by atoms with E-state index in [1.807, 2.05) is 0 Å². The summed E-state index contributed by atoms with van der Waals surface area (Å²) in [5.74, 6) is -0.357. The first-order chi connectivity index (χ1) is 6.88. The summed E-state index contributed by atoms with van der Waals surface area (Å²) >= 11 is 0. The maximum Gasteiger partial charge on any atom is 0.407 e. The van der Waals surface area contributed by atoms with Gasteiger partial charge >= 0.3 is 6.18 Å². The van der Waals surface area contributed by atoms with E-state index in [2.05, 4.69) is 0 Å². The zero-order chi connectivity index (χ0) is 11.6. The van der Waals surface area contributed by atoms with Gasteiger partial charge in [0.1, 0.15) is 11.8 Å². The first kappa shape index (κ1) is 11.8. The second kappa shape index (κ2) is 4.10. The molecular weight excluding hydrogens is 207 g/mol. The third-order valence-corrected chi connectivity index (χ3v) is 2.22. The van der Waals surface area contributed by atoms with Gasteiger partial charge < -0.3 is 10.8 Å². The van der Waals surface area contributed by atoms with Crippen LogP contribution in [0.3, 0.4) is 0 Å². The van der Waals surface area contributed by atoms with Crippen molar-refractivity contribution in [3.63, 3.8) is 0 Å². The van der Waals surface area contributed by atoms with Gasteiger partial charge in [0.25, 0.3) is 0 Å². The molecule has 0 saturated heterocycles. The van der Waals surface area contributed by atoms with Gasteiger partial charge in [0.05, 0.1) is 0 Å². The number of aryl methyl sites for hydroxylation is 1. The van der Waals surface area contributed by atoms with Crippen LogP contribution in [0.25, 0.3) is 0 Å². The molecule has 5 heteroatoms. The SMILES string of the molecule is CCc1cccc([C@@H](N)C(F)(F)F)c1O. The van der Waals surface area contributed by atoms with Gasteiger partial charge in [0, 0.05) is 5.56 Å². The minimum Gasteiger partial charge on any atom is -0.507 e. The molecule has 0 radical (unpaired) electrons. The van der Waals surface area contributed by atoms with Crippen LogP contribution in [0, 0.1) is 0 Å². The van der Waals surface area contributed by atoms with Gasteiger partial charge in [-0.25, -0.2) is 0 Å². The van der Waals surface area contributed by atoms with E-state index in [1.165, 1.54) is 12.1 Å². The monoisotopic (exact) mass is 219 g/mol. The van der Waals surface area contributed by atoms with Gasteiger partial charge in [-0.3, -0.25) is 0 Å². The summed E-state index contributed by atoms with van der Waals surface area (Å²) in [6.07, 6.45) is -4.08. The van der Waals surface area contributed by atoms with E-state index >= 15 is 0 Å². The van der Waals surface area contributed by atoms with Crippen molar-refractivity contribution in [3.8, 4) is 5.75 Å². The Morgan fingerprint density at radius 2 is 2.00 bits per heavy atom. The molecule has 84 valence electrons. The van der Waals surface area contributed by atoms with Crippen molar-refractivity contribution in [2.45, 2.75) is 25.6 Å². The van der Waals surface area contributed by atoms with Crippen LogP contribution >= 0.6 is 0 Å².